The highest BCUT2D eigenvalue weighted by Gasteiger charge is 2.35. The van der Waals surface area contributed by atoms with Gasteiger partial charge in [0.25, 0.3) is 0 Å². The smallest absolute Gasteiger partial charge is 0.321 e. The first-order valence-corrected chi connectivity index (χ1v) is 9.45. The Kier molecular flexibility index (Phi) is 5.82. The number of likely N-dealkylation sites (tertiary alicyclic amines) is 1. The molecule has 0 spiro atoms. The molecule has 2 N–H and O–H groups in total. The van der Waals surface area contributed by atoms with Gasteiger partial charge in [-0.15, -0.1) is 0 Å². The fraction of sp³-hybridized carbons (Fsp3) is 0.409. The normalized spacial score (nSPS) is 20.0. The van der Waals surface area contributed by atoms with E-state index in [1.807, 2.05) is 49.3 Å². The van der Waals surface area contributed by atoms with E-state index in [-0.39, 0.29) is 6.03 Å². The quantitative estimate of drug-likeness (QED) is 0.868. The van der Waals surface area contributed by atoms with Gasteiger partial charge in [0, 0.05) is 18.8 Å². The Hall–Kier alpha value is -2.37. The van der Waals surface area contributed by atoms with Crippen LogP contribution in [0.15, 0.2) is 48.5 Å². The third-order valence-electron chi connectivity index (χ3n) is 5.02. The van der Waals surface area contributed by atoms with E-state index in [0.29, 0.717) is 19.6 Å². The molecule has 1 saturated heterocycles. The number of carbonyl (C=O) groups excluding carboxylic acids is 1. The number of nitrogens with one attached hydrogen (secondary N) is 1. The molecule has 1 aliphatic heterocycles. The van der Waals surface area contributed by atoms with Crippen LogP contribution < -0.4 is 5.32 Å². The van der Waals surface area contributed by atoms with Gasteiger partial charge in [-0.25, -0.2) is 4.79 Å². The zero-order valence-corrected chi connectivity index (χ0v) is 16.4. The van der Waals surface area contributed by atoms with E-state index >= 15 is 0 Å². The third kappa shape index (κ3) is 4.87. The number of piperidine rings is 1. The van der Waals surface area contributed by atoms with Crippen molar-refractivity contribution < 1.29 is 9.90 Å². The van der Waals surface area contributed by atoms with E-state index < -0.39 is 5.60 Å². The predicted octanol–water partition coefficient (Wildman–Crippen LogP) is 3.58. The van der Waals surface area contributed by atoms with Crippen LogP contribution >= 0.6 is 0 Å². The molecular formula is C22H29N3O2. The predicted molar refractivity (Wildman–Crippen MR) is 110 cm³/mol. The van der Waals surface area contributed by atoms with Crippen LogP contribution in [0.2, 0.25) is 0 Å². The molecule has 0 radical (unpaired) electrons. The second-order valence-electron chi connectivity index (χ2n) is 7.81. The summed E-state index contributed by atoms with van der Waals surface area (Å²) in [6.45, 7) is 3.66. The van der Waals surface area contributed by atoms with Crippen LogP contribution in [0.1, 0.15) is 18.4 Å². The molecule has 0 aliphatic carbocycles. The molecule has 1 atom stereocenters. The number of benzene rings is 2. The highest BCUT2D eigenvalue weighted by molar-refractivity contribution is 5.90. The molecule has 2 amide bonds. The summed E-state index contributed by atoms with van der Waals surface area (Å²) in [6.07, 6.45) is 1.53. The van der Waals surface area contributed by atoms with Gasteiger partial charge >= 0.3 is 6.03 Å². The molecule has 27 heavy (non-hydrogen) atoms. The molecule has 0 unspecified atom stereocenters. The number of carbonyl (C=O) groups is 1. The van der Waals surface area contributed by atoms with Gasteiger partial charge in [0.1, 0.15) is 0 Å². The van der Waals surface area contributed by atoms with E-state index in [2.05, 4.69) is 30.4 Å². The molecule has 5 heteroatoms. The van der Waals surface area contributed by atoms with Crippen molar-refractivity contribution in [2.24, 2.45) is 0 Å². The first-order valence-electron chi connectivity index (χ1n) is 9.45. The molecule has 144 valence electrons. The van der Waals surface area contributed by atoms with Gasteiger partial charge in [0.05, 0.1) is 12.1 Å². The summed E-state index contributed by atoms with van der Waals surface area (Å²) in [6, 6.07) is 16.0. The van der Waals surface area contributed by atoms with Crippen LogP contribution in [0.4, 0.5) is 10.5 Å². The zero-order chi connectivity index (χ0) is 19.4. The van der Waals surface area contributed by atoms with Crippen LogP contribution in [0, 0.1) is 6.92 Å². The molecule has 0 bridgehead atoms. The van der Waals surface area contributed by atoms with Crippen molar-refractivity contribution in [3.8, 4) is 11.1 Å². The largest absolute Gasteiger partial charge is 0.387 e. The maximum Gasteiger partial charge on any atom is 0.321 e. The Bertz CT molecular complexity index is 806. The van der Waals surface area contributed by atoms with E-state index in [4.69, 9.17) is 0 Å². The lowest BCUT2D eigenvalue weighted by atomic mass is 9.92. The van der Waals surface area contributed by atoms with Gasteiger partial charge < -0.3 is 20.2 Å². The van der Waals surface area contributed by atoms with Crippen molar-refractivity contribution in [3.63, 3.8) is 0 Å². The molecule has 1 aliphatic rings. The van der Waals surface area contributed by atoms with Gasteiger partial charge in [-0.05, 0) is 62.7 Å². The highest BCUT2D eigenvalue weighted by Crippen LogP contribution is 2.26. The highest BCUT2D eigenvalue weighted by atomic mass is 16.3. The summed E-state index contributed by atoms with van der Waals surface area (Å²) in [5, 5.41) is 13.8. The Morgan fingerprint density at radius 2 is 2.00 bits per heavy atom. The minimum absolute atomic E-state index is 0.159. The number of urea groups is 1. The number of anilines is 1. The molecule has 3 rings (SSSR count). The first-order chi connectivity index (χ1) is 12.9. The number of rotatable bonds is 4. The molecule has 2 aromatic rings. The second kappa shape index (κ2) is 8.11. The number of aryl methyl sites for hydroxylation is 1. The number of amides is 2. The van der Waals surface area contributed by atoms with Gasteiger partial charge in [0.2, 0.25) is 0 Å². The maximum atomic E-state index is 12.7. The fourth-order valence-corrected chi connectivity index (χ4v) is 3.87. The summed E-state index contributed by atoms with van der Waals surface area (Å²) >= 11 is 0. The van der Waals surface area contributed by atoms with Gasteiger partial charge in [-0.1, -0.05) is 36.4 Å². The number of nitrogens with zero attached hydrogens (tertiary/aromatic N) is 2. The second-order valence-corrected chi connectivity index (χ2v) is 7.81. The van der Waals surface area contributed by atoms with Crippen LogP contribution in [0.5, 0.6) is 0 Å². The van der Waals surface area contributed by atoms with Crippen molar-refractivity contribution in [2.45, 2.75) is 25.4 Å². The first kappa shape index (κ1) is 19.4. The SMILES string of the molecule is Cc1ccccc1-c1cccc(NC(=O)N2CCC[C@@](O)(CN(C)C)C2)c1. The van der Waals surface area contributed by atoms with Crippen LogP contribution in [0.25, 0.3) is 11.1 Å². The number of aliphatic hydroxyl groups is 1. The number of hydrogen-bond acceptors (Lipinski definition) is 3. The Balaban J connectivity index is 1.71. The monoisotopic (exact) mass is 367 g/mol. The molecule has 5 nitrogen and oxygen atoms in total. The summed E-state index contributed by atoms with van der Waals surface area (Å²) in [4.78, 5) is 16.4. The molecule has 0 aromatic heterocycles. The third-order valence-corrected chi connectivity index (χ3v) is 5.02. The number of β-amino-alcohol motifs (C(OH)–C–C–N with tert-alkyl or cyclic N) is 1. The molecule has 1 heterocycles. The Labute approximate surface area is 161 Å². The van der Waals surface area contributed by atoms with Crippen LogP contribution in [0.3, 0.4) is 0 Å². The van der Waals surface area contributed by atoms with Gasteiger partial charge in [0.15, 0.2) is 0 Å². The van der Waals surface area contributed by atoms with E-state index in [0.717, 1.165) is 29.7 Å². The number of hydrogen-bond donors (Lipinski definition) is 2. The standard InChI is InChI=1S/C22H29N3O2/c1-17-8-4-5-11-20(17)18-9-6-10-19(14-18)23-21(26)25-13-7-12-22(27,16-25)15-24(2)3/h4-6,8-11,14,27H,7,12-13,15-16H2,1-3H3,(H,23,26)/t22-/m1/s1. The maximum absolute atomic E-state index is 12.7. The molecule has 1 fully saturated rings. The minimum Gasteiger partial charge on any atom is -0.387 e. The fourth-order valence-electron chi connectivity index (χ4n) is 3.87. The van der Waals surface area contributed by atoms with Crippen molar-refractivity contribution >= 4 is 11.7 Å². The zero-order valence-electron chi connectivity index (χ0n) is 16.4. The lowest BCUT2D eigenvalue weighted by Gasteiger charge is -2.40. The van der Waals surface area contributed by atoms with Crippen molar-refractivity contribution in [1.82, 2.24) is 9.80 Å². The van der Waals surface area contributed by atoms with Crippen molar-refractivity contribution in [3.05, 3.63) is 54.1 Å². The lowest BCUT2D eigenvalue weighted by Crippen LogP contribution is -2.55. The molecule has 0 saturated carbocycles. The summed E-state index contributed by atoms with van der Waals surface area (Å²) in [5.41, 5.74) is 3.36. The van der Waals surface area contributed by atoms with Gasteiger partial charge in [-0.3, -0.25) is 0 Å². The average Bonchev–Trinajstić information content (AvgIpc) is 2.61. The van der Waals surface area contributed by atoms with E-state index in [9.17, 15) is 9.90 Å². The summed E-state index contributed by atoms with van der Waals surface area (Å²) in [5.74, 6) is 0. The van der Waals surface area contributed by atoms with E-state index in [1.165, 1.54) is 5.56 Å². The Morgan fingerprint density at radius 3 is 2.74 bits per heavy atom. The van der Waals surface area contributed by atoms with Crippen molar-refractivity contribution in [1.29, 1.82) is 0 Å². The summed E-state index contributed by atoms with van der Waals surface area (Å²) < 4.78 is 0. The summed E-state index contributed by atoms with van der Waals surface area (Å²) in [7, 11) is 3.88. The lowest BCUT2D eigenvalue weighted by molar-refractivity contribution is -0.0333. The Morgan fingerprint density at radius 1 is 1.22 bits per heavy atom. The molecular weight excluding hydrogens is 338 g/mol. The van der Waals surface area contributed by atoms with Gasteiger partial charge in [-0.2, -0.15) is 0 Å². The van der Waals surface area contributed by atoms with Crippen LogP contribution in [-0.2, 0) is 0 Å². The molecule has 2 aromatic carbocycles. The van der Waals surface area contributed by atoms with Crippen molar-refractivity contribution in [2.75, 3.05) is 39.0 Å². The number of likely N-dealkylation sites (N-methyl/N-ethyl adjacent to an activating group) is 1. The topological polar surface area (TPSA) is 55.8 Å². The average molecular weight is 367 g/mol. The minimum atomic E-state index is -0.845. The van der Waals surface area contributed by atoms with E-state index in [1.54, 1.807) is 4.90 Å². The van der Waals surface area contributed by atoms with Crippen LogP contribution in [-0.4, -0.2) is 60.3 Å².